The van der Waals surface area contributed by atoms with Gasteiger partial charge in [-0.1, -0.05) is 258 Å². The highest BCUT2D eigenvalue weighted by Gasteiger charge is 2.44. The SMILES string of the molecule is CCCCCCCCCCCCCCCCCCCCCCCCCC(O)C(=O)NC(COC1OC(CO)C(O)C(O)C1O)C(O)CCCCCCCCCCCCCCCCC. The van der Waals surface area contributed by atoms with Crippen molar-refractivity contribution in [2.45, 2.75) is 320 Å². The molecule has 0 saturated carbocycles. The summed E-state index contributed by atoms with van der Waals surface area (Å²) in [4.78, 5) is 13.1. The summed E-state index contributed by atoms with van der Waals surface area (Å²) < 4.78 is 11.2. The van der Waals surface area contributed by atoms with Gasteiger partial charge in [-0.15, -0.1) is 0 Å². The molecule has 0 aromatic heterocycles. The third-order valence-corrected chi connectivity index (χ3v) is 13.6. The number of carbonyl (C=O) groups is 1. The zero-order chi connectivity index (χ0) is 46.0. The molecule has 0 radical (unpaired) electrons. The van der Waals surface area contributed by atoms with Crippen LogP contribution >= 0.6 is 0 Å². The van der Waals surface area contributed by atoms with Crippen LogP contribution < -0.4 is 5.32 Å². The molecule has 376 valence electrons. The summed E-state index contributed by atoms with van der Waals surface area (Å²) in [6.45, 7) is 3.71. The van der Waals surface area contributed by atoms with Crippen molar-refractivity contribution >= 4 is 5.91 Å². The van der Waals surface area contributed by atoms with Crippen LogP contribution in [0.5, 0.6) is 0 Å². The van der Waals surface area contributed by atoms with Crippen molar-refractivity contribution in [1.82, 2.24) is 5.32 Å². The lowest BCUT2D eigenvalue weighted by atomic mass is 9.99. The quantitative estimate of drug-likeness (QED) is 0.0294. The van der Waals surface area contributed by atoms with Gasteiger partial charge in [0.05, 0.1) is 25.4 Å². The van der Waals surface area contributed by atoms with E-state index in [1.807, 2.05) is 0 Å². The molecule has 1 heterocycles. The van der Waals surface area contributed by atoms with Gasteiger partial charge in [0, 0.05) is 0 Å². The van der Waals surface area contributed by atoms with Crippen LogP contribution in [-0.4, -0.2) is 98.7 Å². The van der Waals surface area contributed by atoms with Crippen molar-refractivity contribution in [2.24, 2.45) is 0 Å². The molecule has 0 aromatic carbocycles. The summed E-state index contributed by atoms with van der Waals surface area (Å²) >= 11 is 0. The fraction of sp³-hybridized carbons (Fsp3) is 0.981. The van der Waals surface area contributed by atoms with Crippen LogP contribution in [0.2, 0.25) is 0 Å². The molecule has 8 atom stereocenters. The second-order valence-corrected chi connectivity index (χ2v) is 19.5. The predicted molar refractivity (Wildman–Crippen MR) is 260 cm³/mol. The first-order chi connectivity index (χ1) is 30.8. The summed E-state index contributed by atoms with van der Waals surface area (Å²) in [5.74, 6) is -0.577. The van der Waals surface area contributed by atoms with E-state index in [-0.39, 0.29) is 6.61 Å². The highest BCUT2D eigenvalue weighted by molar-refractivity contribution is 5.80. The third kappa shape index (κ3) is 33.3. The molecule has 7 N–H and O–H groups in total. The van der Waals surface area contributed by atoms with Crippen molar-refractivity contribution < 1.29 is 44.9 Å². The van der Waals surface area contributed by atoms with E-state index in [9.17, 15) is 35.4 Å². The first kappa shape index (κ1) is 60.2. The Labute approximate surface area is 387 Å². The van der Waals surface area contributed by atoms with Crippen LogP contribution in [0.3, 0.4) is 0 Å². The van der Waals surface area contributed by atoms with Gasteiger partial charge in [-0.2, -0.15) is 0 Å². The molecule has 1 amide bonds. The second kappa shape index (κ2) is 43.7. The molecule has 1 saturated heterocycles. The lowest BCUT2D eigenvalue weighted by molar-refractivity contribution is -0.302. The Bertz CT molecular complexity index is 973. The van der Waals surface area contributed by atoms with Crippen molar-refractivity contribution in [1.29, 1.82) is 0 Å². The molecule has 10 heteroatoms. The number of hydrogen-bond donors (Lipinski definition) is 7. The van der Waals surface area contributed by atoms with Gasteiger partial charge < -0.3 is 45.4 Å². The maximum Gasteiger partial charge on any atom is 0.249 e. The number of carbonyl (C=O) groups excluding carboxylic acids is 1. The Hall–Kier alpha value is -0.850. The zero-order valence-electron chi connectivity index (χ0n) is 41.2. The van der Waals surface area contributed by atoms with E-state index in [0.29, 0.717) is 12.8 Å². The van der Waals surface area contributed by atoms with Crippen molar-refractivity contribution in [3.05, 3.63) is 0 Å². The van der Waals surface area contributed by atoms with E-state index in [4.69, 9.17) is 9.47 Å². The number of aliphatic hydroxyl groups is 6. The van der Waals surface area contributed by atoms with Crippen molar-refractivity contribution in [3.63, 3.8) is 0 Å². The summed E-state index contributed by atoms with van der Waals surface area (Å²) in [6, 6.07) is -0.888. The first-order valence-electron chi connectivity index (χ1n) is 27.3. The molecule has 1 rings (SSSR count). The molecular formula is C53H105NO9. The van der Waals surface area contributed by atoms with Crippen LogP contribution in [-0.2, 0) is 14.3 Å². The molecular weight excluding hydrogens is 795 g/mol. The zero-order valence-corrected chi connectivity index (χ0v) is 41.2. The maximum absolute atomic E-state index is 13.1. The van der Waals surface area contributed by atoms with E-state index in [0.717, 1.165) is 38.5 Å². The van der Waals surface area contributed by atoms with Gasteiger partial charge >= 0.3 is 0 Å². The number of amides is 1. The third-order valence-electron chi connectivity index (χ3n) is 13.6. The van der Waals surface area contributed by atoms with Crippen LogP contribution in [0.25, 0.3) is 0 Å². The van der Waals surface area contributed by atoms with Crippen LogP contribution in [0.4, 0.5) is 0 Å². The average molecular weight is 900 g/mol. The number of ether oxygens (including phenoxy) is 2. The summed E-state index contributed by atoms with van der Waals surface area (Å²) in [5, 5.41) is 65.1. The second-order valence-electron chi connectivity index (χ2n) is 19.5. The molecule has 0 aliphatic carbocycles. The Balaban J connectivity index is 2.25. The average Bonchev–Trinajstić information content (AvgIpc) is 3.28. The van der Waals surface area contributed by atoms with Crippen LogP contribution in [0.15, 0.2) is 0 Å². The highest BCUT2D eigenvalue weighted by Crippen LogP contribution is 2.23. The Morgan fingerprint density at radius 2 is 0.794 bits per heavy atom. The number of unbranched alkanes of at least 4 members (excludes halogenated alkanes) is 36. The fourth-order valence-electron chi connectivity index (χ4n) is 9.11. The van der Waals surface area contributed by atoms with Gasteiger partial charge in [-0.05, 0) is 12.8 Å². The van der Waals surface area contributed by atoms with Gasteiger partial charge in [0.1, 0.15) is 30.5 Å². The van der Waals surface area contributed by atoms with E-state index in [2.05, 4.69) is 19.2 Å². The molecule has 63 heavy (non-hydrogen) atoms. The molecule has 0 bridgehead atoms. The van der Waals surface area contributed by atoms with Gasteiger partial charge in [0.2, 0.25) is 5.91 Å². The van der Waals surface area contributed by atoms with Gasteiger partial charge in [0.15, 0.2) is 6.29 Å². The summed E-state index contributed by atoms with van der Waals surface area (Å²) in [7, 11) is 0. The van der Waals surface area contributed by atoms with E-state index in [1.54, 1.807) is 0 Å². The number of hydrogen-bond acceptors (Lipinski definition) is 9. The van der Waals surface area contributed by atoms with Crippen molar-refractivity contribution in [2.75, 3.05) is 13.2 Å². The molecule has 10 nitrogen and oxygen atoms in total. The summed E-state index contributed by atoms with van der Waals surface area (Å²) in [5.41, 5.74) is 0. The van der Waals surface area contributed by atoms with Crippen LogP contribution in [0.1, 0.15) is 271 Å². The number of nitrogens with one attached hydrogen (secondary N) is 1. The lowest BCUT2D eigenvalue weighted by Crippen LogP contribution is -2.60. The highest BCUT2D eigenvalue weighted by atomic mass is 16.7. The molecule has 1 aliphatic heterocycles. The molecule has 0 spiro atoms. The smallest absolute Gasteiger partial charge is 0.249 e. The number of aliphatic hydroxyl groups excluding tert-OH is 6. The Kier molecular flexibility index (Phi) is 41.7. The normalized spacial score (nSPS) is 20.5. The standard InChI is InChI=1S/C53H105NO9/c1-3-5-7-9-11-13-15-17-19-20-21-22-23-24-25-26-28-30-32-34-36-38-40-42-47(57)52(61)54-45(44-62-53-51(60)50(59)49(58)48(43-55)63-53)46(56)41-39-37-35-33-31-29-27-18-16-14-12-10-8-6-4-2/h45-51,53,55-60H,3-44H2,1-2H3,(H,54,61). The van der Waals surface area contributed by atoms with E-state index < -0.39 is 61.5 Å². The summed E-state index contributed by atoms with van der Waals surface area (Å²) in [6.07, 6.45) is 40.2. The minimum atomic E-state index is -1.59. The first-order valence-corrected chi connectivity index (χ1v) is 27.3. The van der Waals surface area contributed by atoms with Crippen LogP contribution in [0, 0.1) is 0 Å². The molecule has 1 fully saturated rings. The van der Waals surface area contributed by atoms with Gasteiger partial charge in [0.25, 0.3) is 0 Å². The van der Waals surface area contributed by atoms with E-state index in [1.165, 1.54) is 205 Å². The Morgan fingerprint density at radius 3 is 1.13 bits per heavy atom. The van der Waals surface area contributed by atoms with Gasteiger partial charge in [-0.25, -0.2) is 0 Å². The largest absolute Gasteiger partial charge is 0.394 e. The molecule has 1 aliphatic rings. The topological polar surface area (TPSA) is 169 Å². The molecule has 0 aromatic rings. The van der Waals surface area contributed by atoms with E-state index >= 15 is 0 Å². The molecule has 8 unspecified atom stereocenters. The predicted octanol–water partition coefficient (Wildman–Crippen LogP) is 11.7. The minimum absolute atomic E-state index is 0.250. The maximum atomic E-state index is 13.1. The minimum Gasteiger partial charge on any atom is -0.394 e. The number of rotatable bonds is 47. The fourth-order valence-corrected chi connectivity index (χ4v) is 9.11. The van der Waals surface area contributed by atoms with Crippen molar-refractivity contribution in [3.8, 4) is 0 Å². The lowest BCUT2D eigenvalue weighted by Gasteiger charge is -2.40. The monoisotopic (exact) mass is 900 g/mol. The van der Waals surface area contributed by atoms with Gasteiger partial charge in [-0.3, -0.25) is 4.79 Å². The Morgan fingerprint density at radius 1 is 0.476 bits per heavy atom.